The standard InChI is InChI=1S/C14H10Br2O2/c15-7-1-3-9-10-4-2-8(16)6-12(10)14(18)13(17)11(9)5-7/h1-6,13-14,17-18H. The van der Waals surface area contributed by atoms with Crippen molar-refractivity contribution < 1.29 is 10.2 Å². The first kappa shape index (κ1) is 12.4. The van der Waals surface area contributed by atoms with Crippen LogP contribution in [0.5, 0.6) is 0 Å². The lowest BCUT2D eigenvalue weighted by atomic mass is 9.82. The second-order valence-electron chi connectivity index (χ2n) is 4.35. The van der Waals surface area contributed by atoms with Crippen LogP contribution in [-0.4, -0.2) is 10.2 Å². The molecule has 2 N–H and O–H groups in total. The number of halogens is 2. The van der Waals surface area contributed by atoms with E-state index in [4.69, 9.17) is 0 Å². The third-order valence-corrected chi connectivity index (χ3v) is 4.24. The van der Waals surface area contributed by atoms with Gasteiger partial charge in [-0.2, -0.15) is 0 Å². The average molecular weight is 370 g/mol. The van der Waals surface area contributed by atoms with Crippen molar-refractivity contribution in [1.29, 1.82) is 0 Å². The molecule has 1 aliphatic carbocycles. The van der Waals surface area contributed by atoms with Crippen LogP contribution in [0.25, 0.3) is 11.1 Å². The molecule has 0 aromatic heterocycles. The fourth-order valence-corrected chi connectivity index (χ4v) is 3.14. The molecule has 18 heavy (non-hydrogen) atoms. The Morgan fingerprint density at radius 3 is 1.50 bits per heavy atom. The van der Waals surface area contributed by atoms with Crippen molar-refractivity contribution in [3.05, 3.63) is 56.5 Å². The third-order valence-electron chi connectivity index (χ3n) is 3.25. The number of fused-ring (bicyclic) bond motifs is 3. The lowest BCUT2D eigenvalue weighted by Gasteiger charge is -2.29. The first-order valence-corrected chi connectivity index (χ1v) is 7.12. The highest BCUT2D eigenvalue weighted by Crippen LogP contribution is 2.45. The third kappa shape index (κ3) is 1.84. The number of hydrogen-bond acceptors (Lipinski definition) is 2. The maximum Gasteiger partial charge on any atom is 0.110 e. The normalized spacial score (nSPS) is 21.3. The van der Waals surface area contributed by atoms with E-state index >= 15 is 0 Å². The molecular formula is C14H10Br2O2. The van der Waals surface area contributed by atoms with Crippen molar-refractivity contribution in [1.82, 2.24) is 0 Å². The van der Waals surface area contributed by atoms with Crippen molar-refractivity contribution in [2.45, 2.75) is 12.2 Å². The van der Waals surface area contributed by atoms with E-state index < -0.39 is 12.2 Å². The second kappa shape index (κ2) is 4.46. The van der Waals surface area contributed by atoms with Gasteiger partial charge in [-0.3, -0.25) is 0 Å². The Kier molecular flexibility index (Phi) is 3.06. The molecule has 4 heteroatoms. The zero-order valence-electron chi connectivity index (χ0n) is 9.27. The van der Waals surface area contributed by atoms with Crippen LogP contribution in [-0.2, 0) is 0 Å². The van der Waals surface area contributed by atoms with Gasteiger partial charge < -0.3 is 10.2 Å². The van der Waals surface area contributed by atoms with E-state index in [1.807, 2.05) is 36.4 Å². The highest BCUT2D eigenvalue weighted by Gasteiger charge is 2.31. The summed E-state index contributed by atoms with van der Waals surface area (Å²) in [6.45, 7) is 0. The van der Waals surface area contributed by atoms with Gasteiger partial charge in [0.2, 0.25) is 0 Å². The molecule has 0 fully saturated rings. The molecule has 0 spiro atoms. The van der Waals surface area contributed by atoms with E-state index in [2.05, 4.69) is 31.9 Å². The van der Waals surface area contributed by atoms with Crippen molar-refractivity contribution in [3.8, 4) is 11.1 Å². The molecule has 0 heterocycles. The molecule has 2 atom stereocenters. The van der Waals surface area contributed by atoms with Crippen LogP contribution in [0.4, 0.5) is 0 Å². The molecule has 0 saturated carbocycles. The van der Waals surface area contributed by atoms with Crippen LogP contribution in [0.2, 0.25) is 0 Å². The van der Waals surface area contributed by atoms with Gasteiger partial charge >= 0.3 is 0 Å². The predicted molar refractivity (Wildman–Crippen MR) is 77.2 cm³/mol. The van der Waals surface area contributed by atoms with Gasteiger partial charge in [0, 0.05) is 8.95 Å². The molecule has 0 aliphatic heterocycles. The fourth-order valence-electron chi connectivity index (χ4n) is 2.39. The summed E-state index contributed by atoms with van der Waals surface area (Å²) in [7, 11) is 0. The van der Waals surface area contributed by atoms with E-state index in [1.165, 1.54) is 0 Å². The van der Waals surface area contributed by atoms with Crippen molar-refractivity contribution in [2.24, 2.45) is 0 Å². The number of aliphatic hydroxyl groups is 2. The van der Waals surface area contributed by atoms with E-state index in [1.54, 1.807) is 0 Å². The Labute approximate surface area is 122 Å². The van der Waals surface area contributed by atoms with Gasteiger partial charge in [0.25, 0.3) is 0 Å². The van der Waals surface area contributed by atoms with Gasteiger partial charge in [0.05, 0.1) is 0 Å². The molecule has 1 aliphatic rings. The summed E-state index contributed by atoms with van der Waals surface area (Å²) >= 11 is 6.78. The molecule has 2 nitrogen and oxygen atoms in total. The predicted octanol–water partition coefficient (Wildman–Crippen LogP) is 3.96. The lowest BCUT2D eigenvalue weighted by molar-refractivity contribution is 0.0157. The molecule has 2 aromatic carbocycles. The molecule has 0 saturated heterocycles. The second-order valence-corrected chi connectivity index (χ2v) is 6.18. The van der Waals surface area contributed by atoms with Crippen molar-refractivity contribution >= 4 is 31.9 Å². The largest absolute Gasteiger partial charge is 0.385 e. The maximum absolute atomic E-state index is 10.2. The molecular weight excluding hydrogens is 360 g/mol. The molecule has 0 amide bonds. The Balaban J connectivity index is 2.31. The smallest absolute Gasteiger partial charge is 0.110 e. The van der Waals surface area contributed by atoms with E-state index in [9.17, 15) is 10.2 Å². The number of benzene rings is 2. The Morgan fingerprint density at radius 1 is 0.722 bits per heavy atom. The summed E-state index contributed by atoms with van der Waals surface area (Å²) in [5, 5.41) is 20.4. The number of aliphatic hydroxyl groups excluding tert-OH is 2. The first-order chi connectivity index (χ1) is 8.58. The summed E-state index contributed by atoms with van der Waals surface area (Å²) in [4.78, 5) is 0. The van der Waals surface area contributed by atoms with Gasteiger partial charge in [-0.05, 0) is 46.5 Å². The van der Waals surface area contributed by atoms with Gasteiger partial charge in [0.15, 0.2) is 0 Å². The van der Waals surface area contributed by atoms with Gasteiger partial charge in [-0.15, -0.1) is 0 Å². The Hall–Kier alpha value is -0.680. The van der Waals surface area contributed by atoms with Crippen LogP contribution in [0.1, 0.15) is 23.3 Å². The van der Waals surface area contributed by atoms with Crippen LogP contribution in [0.3, 0.4) is 0 Å². The van der Waals surface area contributed by atoms with Crippen molar-refractivity contribution in [3.63, 3.8) is 0 Å². The summed E-state index contributed by atoms with van der Waals surface area (Å²) in [5.41, 5.74) is 3.45. The van der Waals surface area contributed by atoms with E-state index in [0.29, 0.717) is 0 Å². The quantitative estimate of drug-likeness (QED) is 0.737. The molecule has 2 aromatic rings. The molecule has 3 rings (SSSR count). The van der Waals surface area contributed by atoms with Gasteiger partial charge in [-0.1, -0.05) is 44.0 Å². The highest BCUT2D eigenvalue weighted by atomic mass is 79.9. The minimum absolute atomic E-state index is 0.756. The molecule has 0 radical (unpaired) electrons. The van der Waals surface area contributed by atoms with Gasteiger partial charge in [-0.25, -0.2) is 0 Å². The minimum Gasteiger partial charge on any atom is -0.385 e. The summed E-state index contributed by atoms with van der Waals surface area (Å²) < 4.78 is 1.79. The average Bonchev–Trinajstić information content (AvgIpc) is 2.36. The van der Waals surface area contributed by atoms with Crippen molar-refractivity contribution in [2.75, 3.05) is 0 Å². The van der Waals surface area contributed by atoms with Crippen LogP contribution < -0.4 is 0 Å². The fraction of sp³-hybridized carbons (Fsp3) is 0.143. The Morgan fingerprint density at radius 2 is 1.11 bits per heavy atom. The van der Waals surface area contributed by atoms with Crippen LogP contribution >= 0.6 is 31.9 Å². The monoisotopic (exact) mass is 368 g/mol. The summed E-state index contributed by atoms with van der Waals surface area (Å²) in [6, 6.07) is 11.5. The topological polar surface area (TPSA) is 40.5 Å². The highest BCUT2D eigenvalue weighted by molar-refractivity contribution is 9.10. The van der Waals surface area contributed by atoms with Crippen LogP contribution in [0.15, 0.2) is 45.3 Å². The van der Waals surface area contributed by atoms with Gasteiger partial charge in [0.1, 0.15) is 12.2 Å². The summed E-state index contributed by atoms with van der Waals surface area (Å²) in [5.74, 6) is 0. The molecule has 0 bridgehead atoms. The maximum atomic E-state index is 10.2. The molecule has 92 valence electrons. The van der Waals surface area contributed by atoms with E-state index in [0.717, 1.165) is 31.2 Å². The summed E-state index contributed by atoms with van der Waals surface area (Å²) in [6.07, 6.45) is -1.78. The first-order valence-electron chi connectivity index (χ1n) is 5.53. The number of hydrogen-bond donors (Lipinski definition) is 2. The van der Waals surface area contributed by atoms with E-state index in [-0.39, 0.29) is 0 Å². The van der Waals surface area contributed by atoms with Crippen LogP contribution in [0, 0.1) is 0 Å². The lowest BCUT2D eigenvalue weighted by Crippen LogP contribution is -2.17. The molecule has 2 unspecified atom stereocenters. The number of rotatable bonds is 0. The Bertz CT molecular complexity index is 570. The SMILES string of the molecule is OC1c2cc(Br)ccc2-c2ccc(Br)cc2C1O. The minimum atomic E-state index is -0.890. The zero-order valence-corrected chi connectivity index (χ0v) is 12.4. The zero-order chi connectivity index (χ0) is 12.9.